The summed E-state index contributed by atoms with van der Waals surface area (Å²) >= 11 is 0. The second-order valence-corrected chi connectivity index (χ2v) is 8.23. The van der Waals surface area contributed by atoms with Gasteiger partial charge in [0.15, 0.2) is 15.8 Å². The summed E-state index contributed by atoms with van der Waals surface area (Å²) in [6, 6.07) is 11.7. The van der Waals surface area contributed by atoms with Gasteiger partial charge >= 0.3 is 0 Å². The van der Waals surface area contributed by atoms with Gasteiger partial charge in [0.25, 0.3) is 0 Å². The van der Waals surface area contributed by atoms with Gasteiger partial charge in [-0.25, -0.2) is 12.8 Å². The van der Waals surface area contributed by atoms with Crippen LogP contribution in [-0.2, 0) is 16.4 Å². The minimum atomic E-state index is -3.20. The van der Waals surface area contributed by atoms with Crippen molar-refractivity contribution < 1.29 is 12.8 Å². The average Bonchev–Trinajstić information content (AvgIpc) is 2.60. The number of nitrogens with one attached hydrogen (secondary N) is 2. The van der Waals surface area contributed by atoms with Crippen LogP contribution in [-0.4, -0.2) is 27.7 Å². The first kappa shape index (κ1) is 19.9. The van der Waals surface area contributed by atoms with E-state index >= 15 is 0 Å². The molecule has 0 saturated carbocycles. The lowest BCUT2D eigenvalue weighted by Crippen LogP contribution is -2.38. The number of rotatable bonds is 5. The van der Waals surface area contributed by atoms with E-state index in [1.165, 1.54) is 12.3 Å². The van der Waals surface area contributed by atoms with Gasteiger partial charge in [0, 0.05) is 19.8 Å². The van der Waals surface area contributed by atoms with Gasteiger partial charge in [-0.05, 0) is 48.7 Å². The van der Waals surface area contributed by atoms with Gasteiger partial charge in [-0.1, -0.05) is 24.3 Å². The molecular weight excluding hydrogens is 353 g/mol. The quantitative estimate of drug-likeness (QED) is 0.621. The van der Waals surface area contributed by atoms with Gasteiger partial charge in [-0.2, -0.15) is 0 Å². The van der Waals surface area contributed by atoms with Gasteiger partial charge in [-0.15, -0.1) is 0 Å². The van der Waals surface area contributed by atoms with Crippen LogP contribution >= 0.6 is 0 Å². The lowest BCUT2D eigenvalue weighted by Gasteiger charge is -2.19. The number of hydrogen-bond donors (Lipinski definition) is 2. The molecule has 0 aliphatic rings. The molecule has 0 aliphatic heterocycles. The average molecular weight is 377 g/mol. The zero-order chi connectivity index (χ0) is 19.3. The summed E-state index contributed by atoms with van der Waals surface area (Å²) in [5.74, 6) is 0.343. The van der Waals surface area contributed by atoms with E-state index in [-0.39, 0.29) is 11.9 Å². The van der Waals surface area contributed by atoms with Crippen LogP contribution in [0.25, 0.3) is 0 Å². The highest BCUT2D eigenvalue weighted by Gasteiger charge is 2.10. The van der Waals surface area contributed by atoms with Gasteiger partial charge in [0.2, 0.25) is 0 Å². The van der Waals surface area contributed by atoms with Crippen LogP contribution < -0.4 is 10.6 Å². The van der Waals surface area contributed by atoms with Gasteiger partial charge in [-0.3, -0.25) is 4.99 Å². The smallest absolute Gasteiger partial charge is 0.191 e. The number of aryl methyl sites for hydroxylation is 1. The third-order valence-corrected chi connectivity index (χ3v) is 5.21. The molecule has 7 heteroatoms. The normalized spacial score (nSPS) is 13.3. The second kappa shape index (κ2) is 8.31. The molecular formula is C19H24FN3O2S. The fourth-order valence-electron chi connectivity index (χ4n) is 2.40. The highest BCUT2D eigenvalue weighted by molar-refractivity contribution is 7.90. The molecule has 1 unspecified atom stereocenters. The predicted molar refractivity (Wildman–Crippen MR) is 102 cm³/mol. The summed E-state index contributed by atoms with van der Waals surface area (Å²) in [5, 5.41) is 6.38. The maximum absolute atomic E-state index is 13.7. The van der Waals surface area contributed by atoms with Gasteiger partial charge < -0.3 is 10.6 Å². The van der Waals surface area contributed by atoms with Crippen molar-refractivity contribution in [3.05, 3.63) is 65.0 Å². The molecule has 0 bridgehead atoms. The van der Waals surface area contributed by atoms with Crippen LogP contribution in [0.2, 0.25) is 0 Å². The zero-order valence-corrected chi connectivity index (χ0v) is 16.2. The molecule has 2 aromatic rings. The summed E-state index contributed by atoms with van der Waals surface area (Å²) < 4.78 is 36.7. The Morgan fingerprint density at radius 2 is 1.85 bits per heavy atom. The Morgan fingerprint density at radius 3 is 2.38 bits per heavy atom. The fraction of sp³-hybridized carbons (Fsp3) is 0.316. The van der Waals surface area contributed by atoms with E-state index in [1.54, 1.807) is 44.3 Å². The Bertz CT molecular complexity index is 894. The molecule has 140 valence electrons. The number of sulfone groups is 1. The van der Waals surface area contributed by atoms with Crippen LogP contribution in [0.5, 0.6) is 0 Å². The topological polar surface area (TPSA) is 70.6 Å². The molecule has 2 rings (SSSR count). The van der Waals surface area contributed by atoms with Gasteiger partial charge in [0.1, 0.15) is 5.82 Å². The van der Waals surface area contributed by atoms with Crippen molar-refractivity contribution in [2.24, 2.45) is 4.99 Å². The maximum atomic E-state index is 13.7. The summed E-state index contributed by atoms with van der Waals surface area (Å²) in [7, 11) is -1.54. The number of guanidine groups is 1. The molecule has 0 saturated heterocycles. The maximum Gasteiger partial charge on any atom is 0.191 e. The van der Waals surface area contributed by atoms with E-state index in [9.17, 15) is 12.8 Å². The van der Waals surface area contributed by atoms with Crippen molar-refractivity contribution in [2.45, 2.75) is 31.3 Å². The molecule has 0 heterocycles. The fourth-order valence-corrected chi connectivity index (χ4v) is 3.03. The zero-order valence-electron chi connectivity index (χ0n) is 15.4. The highest BCUT2D eigenvalue weighted by Crippen LogP contribution is 2.16. The van der Waals surface area contributed by atoms with Crippen LogP contribution in [0.15, 0.2) is 52.4 Å². The first-order valence-electron chi connectivity index (χ1n) is 8.23. The molecule has 0 aliphatic carbocycles. The molecule has 0 spiro atoms. The first-order valence-corrected chi connectivity index (χ1v) is 10.1. The van der Waals surface area contributed by atoms with E-state index in [0.717, 1.165) is 11.1 Å². The van der Waals surface area contributed by atoms with Crippen molar-refractivity contribution in [2.75, 3.05) is 13.3 Å². The minimum absolute atomic E-state index is 0.121. The van der Waals surface area contributed by atoms with Crippen LogP contribution in [0, 0.1) is 12.7 Å². The standard InChI is InChI=1S/C19H24FN3O2S/c1-13-5-8-16(11-18(13)20)14(2)23-19(21-3)22-12-15-6-9-17(10-7-15)26(4,24)25/h5-11,14H,12H2,1-4H3,(H2,21,22,23). The molecule has 2 N–H and O–H groups in total. The molecule has 2 aromatic carbocycles. The van der Waals surface area contributed by atoms with E-state index in [0.29, 0.717) is 23.0 Å². The van der Waals surface area contributed by atoms with Crippen molar-refractivity contribution in [1.29, 1.82) is 0 Å². The number of aliphatic imine (C=N–C) groups is 1. The van der Waals surface area contributed by atoms with Crippen molar-refractivity contribution in [1.82, 2.24) is 10.6 Å². The minimum Gasteiger partial charge on any atom is -0.352 e. The van der Waals surface area contributed by atoms with E-state index in [2.05, 4.69) is 15.6 Å². The van der Waals surface area contributed by atoms with Crippen molar-refractivity contribution >= 4 is 15.8 Å². The highest BCUT2D eigenvalue weighted by atomic mass is 32.2. The lowest BCUT2D eigenvalue weighted by atomic mass is 10.1. The monoisotopic (exact) mass is 377 g/mol. The summed E-state index contributed by atoms with van der Waals surface area (Å²) in [4.78, 5) is 4.46. The summed E-state index contributed by atoms with van der Waals surface area (Å²) in [5.41, 5.74) is 2.36. The lowest BCUT2D eigenvalue weighted by molar-refractivity contribution is 0.602. The van der Waals surface area contributed by atoms with Crippen molar-refractivity contribution in [3.8, 4) is 0 Å². The molecule has 26 heavy (non-hydrogen) atoms. The predicted octanol–water partition coefficient (Wildman–Crippen LogP) is 2.96. The molecule has 1 atom stereocenters. The van der Waals surface area contributed by atoms with E-state index < -0.39 is 9.84 Å². The number of benzene rings is 2. The van der Waals surface area contributed by atoms with Gasteiger partial charge in [0.05, 0.1) is 10.9 Å². The molecule has 0 amide bonds. The third kappa shape index (κ3) is 5.29. The Labute approximate surface area is 154 Å². The first-order chi connectivity index (χ1) is 12.2. The molecule has 0 fully saturated rings. The Kier molecular flexibility index (Phi) is 6.37. The van der Waals surface area contributed by atoms with Crippen molar-refractivity contribution in [3.63, 3.8) is 0 Å². The Morgan fingerprint density at radius 1 is 1.19 bits per heavy atom. The Hall–Kier alpha value is -2.41. The summed E-state index contributed by atoms with van der Waals surface area (Å²) in [6.07, 6.45) is 1.18. The van der Waals surface area contributed by atoms with E-state index in [4.69, 9.17) is 0 Å². The molecule has 0 aromatic heterocycles. The second-order valence-electron chi connectivity index (χ2n) is 6.22. The largest absolute Gasteiger partial charge is 0.352 e. The molecule has 0 radical (unpaired) electrons. The van der Waals surface area contributed by atoms with Crippen LogP contribution in [0.1, 0.15) is 29.7 Å². The van der Waals surface area contributed by atoms with Crippen LogP contribution in [0.4, 0.5) is 4.39 Å². The number of nitrogens with zero attached hydrogens (tertiary/aromatic N) is 1. The van der Waals surface area contributed by atoms with E-state index in [1.807, 2.05) is 13.0 Å². The third-order valence-electron chi connectivity index (χ3n) is 4.08. The number of hydrogen-bond acceptors (Lipinski definition) is 3. The summed E-state index contributed by atoms with van der Waals surface area (Å²) in [6.45, 7) is 4.14. The molecule has 5 nitrogen and oxygen atoms in total. The van der Waals surface area contributed by atoms with Crippen LogP contribution in [0.3, 0.4) is 0 Å². The SMILES string of the molecule is CN=C(NCc1ccc(S(C)(=O)=O)cc1)NC(C)c1ccc(C)c(F)c1. The Balaban J connectivity index is 1.98. The number of halogens is 1.